The molecule has 136 valence electrons. The van der Waals surface area contributed by atoms with Gasteiger partial charge in [-0.25, -0.2) is 0 Å². The van der Waals surface area contributed by atoms with E-state index in [-0.39, 0.29) is 47.4 Å². The van der Waals surface area contributed by atoms with Gasteiger partial charge in [-0.1, -0.05) is 0 Å². The number of nitrogens with one attached hydrogen (secondary N) is 1. The summed E-state index contributed by atoms with van der Waals surface area (Å²) in [6, 6.07) is -0.0191. The predicted molar refractivity (Wildman–Crippen MR) is 106 cm³/mol. The SMILES string of the molecule is CCNC(N)=NC[C@@H]1CC(=O)N(C(C)(C)C)[C@H]1c1cnn(C)c1.I. The maximum Gasteiger partial charge on any atom is 0.223 e. The molecule has 3 N–H and O–H groups in total. The molecule has 0 bridgehead atoms. The van der Waals surface area contributed by atoms with Crippen LogP contribution >= 0.6 is 24.0 Å². The Hall–Kier alpha value is -1.32. The number of carbonyl (C=O) groups is 1. The molecule has 2 heterocycles. The van der Waals surface area contributed by atoms with Gasteiger partial charge in [-0.3, -0.25) is 14.5 Å². The lowest BCUT2D eigenvalue weighted by Gasteiger charge is -2.38. The van der Waals surface area contributed by atoms with Gasteiger partial charge in [0, 0.05) is 49.8 Å². The zero-order valence-electron chi connectivity index (χ0n) is 15.1. The second-order valence-electron chi connectivity index (χ2n) is 7.05. The summed E-state index contributed by atoms with van der Waals surface area (Å²) in [5, 5.41) is 7.26. The topological polar surface area (TPSA) is 88.5 Å². The van der Waals surface area contributed by atoms with Gasteiger partial charge in [0.2, 0.25) is 5.91 Å². The third kappa shape index (κ3) is 4.61. The van der Waals surface area contributed by atoms with Crippen molar-refractivity contribution in [2.75, 3.05) is 13.1 Å². The van der Waals surface area contributed by atoms with Crippen LogP contribution in [-0.2, 0) is 11.8 Å². The van der Waals surface area contributed by atoms with Crippen LogP contribution in [0, 0.1) is 5.92 Å². The molecule has 2 rings (SSSR count). The molecule has 0 aliphatic carbocycles. The van der Waals surface area contributed by atoms with E-state index in [2.05, 4.69) is 36.2 Å². The molecule has 0 radical (unpaired) electrons. The number of aromatic nitrogens is 2. The Morgan fingerprint density at radius 3 is 2.67 bits per heavy atom. The summed E-state index contributed by atoms with van der Waals surface area (Å²) in [6.45, 7) is 9.42. The van der Waals surface area contributed by atoms with Crippen molar-refractivity contribution in [2.24, 2.45) is 23.7 Å². The molecule has 2 atom stereocenters. The maximum absolute atomic E-state index is 12.6. The number of carbonyl (C=O) groups excluding carboxylic acids is 1. The van der Waals surface area contributed by atoms with E-state index in [1.165, 1.54) is 0 Å². The van der Waals surface area contributed by atoms with Gasteiger partial charge in [-0.15, -0.1) is 24.0 Å². The van der Waals surface area contributed by atoms with E-state index < -0.39 is 0 Å². The minimum Gasteiger partial charge on any atom is -0.370 e. The van der Waals surface area contributed by atoms with E-state index in [4.69, 9.17) is 5.73 Å². The third-order valence-electron chi connectivity index (χ3n) is 4.07. The summed E-state index contributed by atoms with van der Waals surface area (Å²) >= 11 is 0. The number of halogens is 1. The van der Waals surface area contributed by atoms with Gasteiger partial charge in [0.25, 0.3) is 0 Å². The quantitative estimate of drug-likeness (QED) is 0.417. The lowest BCUT2D eigenvalue weighted by Crippen LogP contribution is -2.44. The smallest absolute Gasteiger partial charge is 0.223 e. The van der Waals surface area contributed by atoms with Crippen molar-refractivity contribution in [3.8, 4) is 0 Å². The van der Waals surface area contributed by atoms with Crippen LogP contribution in [0.15, 0.2) is 17.4 Å². The maximum atomic E-state index is 12.6. The Labute approximate surface area is 161 Å². The molecule has 8 heteroatoms. The van der Waals surface area contributed by atoms with Crippen LogP contribution < -0.4 is 11.1 Å². The van der Waals surface area contributed by atoms with Gasteiger partial charge >= 0.3 is 0 Å². The fourth-order valence-electron chi connectivity index (χ4n) is 3.22. The first-order chi connectivity index (χ1) is 10.7. The highest BCUT2D eigenvalue weighted by atomic mass is 127. The number of rotatable bonds is 4. The highest BCUT2D eigenvalue weighted by Crippen LogP contribution is 2.42. The van der Waals surface area contributed by atoms with E-state index in [0.717, 1.165) is 12.1 Å². The minimum absolute atomic E-state index is 0. The highest BCUT2D eigenvalue weighted by Gasteiger charge is 2.45. The number of hydrogen-bond acceptors (Lipinski definition) is 3. The number of likely N-dealkylation sites (tertiary alicyclic amines) is 1. The van der Waals surface area contributed by atoms with Gasteiger partial charge < -0.3 is 16.0 Å². The first-order valence-corrected chi connectivity index (χ1v) is 8.08. The van der Waals surface area contributed by atoms with Crippen molar-refractivity contribution in [3.05, 3.63) is 18.0 Å². The van der Waals surface area contributed by atoms with E-state index in [1.54, 1.807) is 4.68 Å². The van der Waals surface area contributed by atoms with Crippen molar-refractivity contribution in [1.29, 1.82) is 0 Å². The summed E-state index contributed by atoms with van der Waals surface area (Å²) in [7, 11) is 1.89. The number of guanidine groups is 1. The normalized spacial score (nSPS) is 21.8. The van der Waals surface area contributed by atoms with Crippen LogP contribution in [0.1, 0.15) is 45.7 Å². The minimum atomic E-state index is -0.247. The Bertz CT molecular complexity index is 592. The molecular weight excluding hydrogens is 419 g/mol. The molecule has 24 heavy (non-hydrogen) atoms. The number of amides is 1. The van der Waals surface area contributed by atoms with E-state index in [9.17, 15) is 4.79 Å². The van der Waals surface area contributed by atoms with Crippen molar-refractivity contribution >= 4 is 35.8 Å². The molecule has 0 saturated carbocycles. The second kappa shape index (κ2) is 8.17. The molecule has 0 unspecified atom stereocenters. The Morgan fingerprint density at radius 1 is 1.50 bits per heavy atom. The predicted octanol–water partition coefficient (Wildman–Crippen LogP) is 1.65. The summed E-state index contributed by atoms with van der Waals surface area (Å²) < 4.78 is 1.77. The summed E-state index contributed by atoms with van der Waals surface area (Å²) in [6.07, 6.45) is 4.30. The first-order valence-electron chi connectivity index (χ1n) is 8.08. The van der Waals surface area contributed by atoms with E-state index in [1.807, 2.05) is 31.3 Å². The van der Waals surface area contributed by atoms with Crippen molar-refractivity contribution in [3.63, 3.8) is 0 Å². The molecular formula is C16H29IN6O. The Kier molecular flexibility index (Phi) is 7.06. The highest BCUT2D eigenvalue weighted by molar-refractivity contribution is 14.0. The van der Waals surface area contributed by atoms with Crippen LogP contribution in [0.2, 0.25) is 0 Å². The van der Waals surface area contributed by atoms with Crippen molar-refractivity contribution in [1.82, 2.24) is 20.0 Å². The standard InChI is InChI=1S/C16H28N6O.HI/c1-6-18-15(17)19-8-11-7-13(23)22(16(2,3)4)14(11)12-9-20-21(5)10-12;/h9-11,14H,6-8H2,1-5H3,(H3,17,18,19);1H/t11-,14+;/m0./s1. The molecule has 7 nitrogen and oxygen atoms in total. The van der Waals surface area contributed by atoms with Gasteiger partial charge in [-0.05, 0) is 27.7 Å². The van der Waals surface area contributed by atoms with Gasteiger partial charge in [0.15, 0.2) is 5.96 Å². The van der Waals surface area contributed by atoms with Crippen LogP contribution in [0.3, 0.4) is 0 Å². The average Bonchev–Trinajstić information content (AvgIpc) is 2.99. The molecule has 1 fully saturated rings. The summed E-state index contributed by atoms with van der Waals surface area (Å²) in [5.74, 6) is 0.691. The van der Waals surface area contributed by atoms with Crippen LogP contribution in [0.5, 0.6) is 0 Å². The Balaban J connectivity index is 0.00000288. The van der Waals surface area contributed by atoms with Crippen LogP contribution in [0.4, 0.5) is 0 Å². The number of aliphatic imine (C=N–C) groups is 1. The van der Waals surface area contributed by atoms with E-state index in [0.29, 0.717) is 18.9 Å². The average molecular weight is 448 g/mol. The zero-order valence-corrected chi connectivity index (χ0v) is 17.4. The summed E-state index contributed by atoms with van der Waals surface area (Å²) in [5.41, 5.74) is 6.63. The van der Waals surface area contributed by atoms with E-state index >= 15 is 0 Å². The van der Waals surface area contributed by atoms with Crippen LogP contribution in [0.25, 0.3) is 0 Å². The molecule has 0 spiro atoms. The first kappa shape index (κ1) is 20.7. The van der Waals surface area contributed by atoms with Crippen molar-refractivity contribution in [2.45, 2.75) is 45.7 Å². The monoisotopic (exact) mass is 448 g/mol. The fraction of sp³-hybridized carbons (Fsp3) is 0.688. The fourth-order valence-corrected chi connectivity index (χ4v) is 3.22. The van der Waals surface area contributed by atoms with Crippen LogP contribution in [-0.4, -0.2) is 45.2 Å². The molecule has 1 saturated heterocycles. The lowest BCUT2D eigenvalue weighted by molar-refractivity contribution is -0.133. The largest absolute Gasteiger partial charge is 0.370 e. The summed E-state index contributed by atoms with van der Waals surface area (Å²) in [4.78, 5) is 19.0. The van der Waals surface area contributed by atoms with Gasteiger partial charge in [0.1, 0.15) is 0 Å². The van der Waals surface area contributed by atoms with Crippen molar-refractivity contribution < 1.29 is 4.79 Å². The van der Waals surface area contributed by atoms with Gasteiger partial charge in [-0.2, -0.15) is 5.10 Å². The molecule has 1 amide bonds. The number of nitrogens with zero attached hydrogens (tertiary/aromatic N) is 4. The van der Waals surface area contributed by atoms with Gasteiger partial charge in [0.05, 0.1) is 12.2 Å². The number of nitrogens with two attached hydrogens (primary N) is 1. The second-order valence-corrected chi connectivity index (χ2v) is 7.05. The number of hydrogen-bond donors (Lipinski definition) is 2. The number of aryl methyl sites for hydroxylation is 1. The Morgan fingerprint density at radius 2 is 2.17 bits per heavy atom. The molecule has 1 aromatic heterocycles. The third-order valence-corrected chi connectivity index (χ3v) is 4.07. The zero-order chi connectivity index (χ0) is 17.2. The molecule has 0 aromatic carbocycles. The lowest BCUT2D eigenvalue weighted by atomic mass is 9.93. The molecule has 1 aliphatic heterocycles. The molecule has 1 aromatic rings. The molecule has 1 aliphatic rings.